The number of ether oxygens (including phenoxy) is 2. The van der Waals surface area contributed by atoms with E-state index in [0.29, 0.717) is 27.7 Å². The first-order valence-electron chi connectivity index (χ1n) is 8.95. The maximum atomic E-state index is 12.8. The second-order valence-corrected chi connectivity index (χ2v) is 7.11. The third-order valence-electron chi connectivity index (χ3n) is 4.30. The Balaban J connectivity index is 1.64. The fraction of sp³-hybridized carbons (Fsp3) is 0.143. The summed E-state index contributed by atoms with van der Waals surface area (Å²) in [7, 11) is 0. The molecule has 0 aliphatic heterocycles. The number of para-hydroxylation sites is 1. The van der Waals surface area contributed by atoms with Gasteiger partial charge in [0.15, 0.2) is 11.5 Å². The van der Waals surface area contributed by atoms with E-state index in [2.05, 4.69) is 20.9 Å². The molecule has 8 nitrogen and oxygen atoms in total. The number of fused-ring (bicyclic) bond motifs is 3. The molecule has 9 heteroatoms. The zero-order valence-corrected chi connectivity index (χ0v) is 17.3. The summed E-state index contributed by atoms with van der Waals surface area (Å²) < 4.78 is 18.0. The van der Waals surface area contributed by atoms with E-state index in [1.54, 1.807) is 19.1 Å². The largest absolute Gasteiger partial charge is 0.490 e. The van der Waals surface area contributed by atoms with Crippen LogP contribution in [0.4, 0.5) is 0 Å². The number of nitrogens with zero attached hydrogens (tertiary/aromatic N) is 3. The lowest BCUT2D eigenvalue weighted by Gasteiger charge is -2.13. The quantitative estimate of drug-likeness (QED) is 0.324. The number of carbonyl (C=O) groups excluding carboxylic acids is 1. The first-order chi connectivity index (χ1) is 14.5. The maximum Gasteiger partial charge on any atom is 0.331 e. The highest BCUT2D eigenvalue weighted by Crippen LogP contribution is 2.37. The Hall–Kier alpha value is -3.64. The number of furan rings is 1. The number of aromatic nitrogens is 2. The molecule has 2 aromatic carbocycles. The van der Waals surface area contributed by atoms with Crippen LogP contribution in [0.25, 0.3) is 22.1 Å². The molecule has 0 aliphatic carbocycles. The molecule has 0 atom stereocenters. The predicted molar refractivity (Wildman–Crippen MR) is 111 cm³/mol. The number of nitriles is 1. The number of halogens is 1. The number of hydrogen-bond donors (Lipinski definition) is 0. The van der Waals surface area contributed by atoms with E-state index >= 15 is 0 Å². The van der Waals surface area contributed by atoms with Crippen molar-refractivity contribution >= 4 is 44.0 Å². The Bertz CT molecular complexity index is 1380. The molecule has 4 aromatic rings. The van der Waals surface area contributed by atoms with Gasteiger partial charge in [-0.15, -0.1) is 0 Å². The number of rotatable bonds is 5. The molecular weight excluding hydrogens is 454 g/mol. The summed E-state index contributed by atoms with van der Waals surface area (Å²) in [4.78, 5) is 29.5. The van der Waals surface area contributed by atoms with Crippen molar-refractivity contribution in [2.75, 3.05) is 6.61 Å². The van der Waals surface area contributed by atoms with Gasteiger partial charge in [0, 0.05) is 11.5 Å². The summed E-state index contributed by atoms with van der Waals surface area (Å²) in [6, 6.07) is 12.2. The van der Waals surface area contributed by atoms with Crippen LogP contribution in [0.5, 0.6) is 11.5 Å². The first-order valence-corrected chi connectivity index (χ1v) is 9.75. The van der Waals surface area contributed by atoms with Crippen molar-refractivity contribution in [3.63, 3.8) is 0 Å². The SMILES string of the molecule is CCOc1cc(C#N)cc(Br)c1OC(=O)Cn1cnc2c(oc3ccccc32)c1=O. The molecule has 0 unspecified atom stereocenters. The van der Waals surface area contributed by atoms with Gasteiger partial charge in [0.1, 0.15) is 17.6 Å². The van der Waals surface area contributed by atoms with Gasteiger partial charge in [-0.1, -0.05) is 12.1 Å². The van der Waals surface area contributed by atoms with Crippen molar-refractivity contribution in [1.29, 1.82) is 5.26 Å². The Labute approximate surface area is 178 Å². The van der Waals surface area contributed by atoms with Crippen molar-refractivity contribution in [3.8, 4) is 17.6 Å². The van der Waals surface area contributed by atoms with Gasteiger partial charge in [0.2, 0.25) is 5.58 Å². The molecule has 30 heavy (non-hydrogen) atoms. The van der Waals surface area contributed by atoms with Crippen molar-refractivity contribution in [1.82, 2.24) is 9.55 Å². The van der Waals surface area contributed by atoms with Crippen LogP contribution >= 0.6 is 15.9 Å². The molecule has 0 saturated carbocycles. The van der Waals surface area contributed by atoms with Crippen LogP contribution in [0.3, 0.4) is 0 Å². The Kier molecular flexibility index (Phi) is 5.25. The van der Waals surface area contributed by atoms with E-state index in [-0.39, 0.29) is 23.6 Å². The van der Waals surface area contributed by atoms with Crippen LogP contribution in [-0.4, -0.2) is 22.1 Å². The van der Waals surface area contributed by atoms with Crippen LogP contribution in [0.15, 0.2) is 56.4 Å². The van der Waals surface area contributed by atoms with Crippen LogP contribution in [-0.2, 0) is 11.3 Å². The molecule has 0 N–H and O–H groups in total. The Morgan fingerprint density at radius 1 is 1.33 bits per heavy atom. The maximum absolute atomic E-state index is 12.8. The van der Waals surface area contributed by atoms with Crippen LogP contribution < -0.4 is 15.0 Å². The molecule has 4 rings (SSSR count). The average molecular weight is 468 g/mol. The number of benzene rings is 2. The van der Waals surface area contributed by atoms with Crippen LogP contribution in [0.1, 0.15) is 12.5 Å². The van der Waals surface area contributed by atoms with E-state index in [4.69, 9.17) is 19.2 Å². The van der Waals surface area contributed by atoms with Crippen molar-refractivity contribution in [2.45, 2.75) is 13.5 Å². The van der Waals surface area contributed by atoms with Crippen molar-refractivity contribution < 1.29 is 18.7 Å². The predicted octanol–water partition coefficient (Wildman–Crippen LogP) is 3.78. The molecule has 0 amide bonds. The molecule has 0 fully saturated rings. The van der Waals surface area contributed by atoms with Gasteiger partial charge >= 0.3 is 5.97 Å². The summed E-state index contributed by atoms with van der Waals surface area (Å²) >= 11 is 3.29. The lowest BCUT2D eigenvalue weighted by atomic mass is 10.2. The van der Waals surface area contributed by atoms with E-state index in [1.165, 1.54) is 18.5 Å². The average Bonchev–Trinajstić information content (AvgIpc) is 3.12. The lowest BCUT2D eigenvalue weighted by molar-refractivity contribution is -0.135. The van der Waals surface area contributed by atoms with Gasteiger partial charge in [-0.2, -0.15) is 5.26 Å². The van der Waals surface area contributed by atoms with E-state index in [9.17, 15) is 9.59 Å². The molecular formula is C21H14BrN3O5. The summed E-state index contributed by atoms with van der Waals surface area (Å²) in [6.07, 6.45) is 1.28. The lowest BCUT2D eigenvalue weighted by Crippen LogP contribution is -2.26. The fourth-order valence-electron chi connectivity index (χ4n) is 3.01. The monoisotopic (exact) mass is 467 g/mol. The topological polar surface area (TPSA) is 107 Å². The molecule has 2 heterocycles. The molecule has 0 spiro atoms. The summed E-state index contributed by atoms with van der Waals surface area (Å²) in [5.41, 5.74) is 0.910. The fourth-order valence-corrected chi connectivity index (χ4v) is 3.53. The highest BCUT2D eigenvalue weighted by Gasteiger charge is 2.19. The number of esters is 1. The minimum Gasteiger partial charge on any atom is -0.490 e. The van der Waals surface area contributed by atoms with E-state index in [1.807, 2.05) is 18.2 Å². The molecule has 0 bridgehead atoms. The minimum absolute atomic E-state index is 0.0704. The Morgan fingerprint density at radius 2 is 2.13 bits per heavy atom. The summed E-state index contributed by atoms with van der Waals surface area (Å²) in [5.74, 6) is -0.331. The third-order valence-corrected chi connectivity index (χ3v) is 4.89. The normalized spacial score (nSPS) is 10.8. The van der Waals surface area contributed by atoms with Crippen molar-refractivity contribution in [2.24, 2.45) is 0 Å². The zero-order valence-electron chi connectivity index (χ0n) is 15.7. The second kappa shape index (κ2) is 8.00. The van der Waals surface area contributed by atoms with Gasteiger partial charge in [-0.25, -0.2) is 9.78 Å². The highest BCUT2D eigenvalue weighted by molar-refractivity contribution is 9.10. The minimum atomic E-state index is -0.708. The molecule has 0 aliphatic rings. The Morgan fingerprint density at radius 3 is 2.90 bits per heavy atom. The van der Waals surface area contributed by atoms with Gasteiger partial charge in [0.05, 0.1) is 29.0 Å². The summed E-state index contributed by atoms with van der Waals surface area (Å²) in [6.45, 7) is 1.71. The van der Waals surface area contributed by atoms with E-state index in [0.717, 1.165) is 9.95 Å². The van der Waals surface area contributed by atoms with Crippen molar-refractivity contribution in [3.05, 3.63) is 63.1 Å². The standard InChI is InChI=1S/C21H14BrN3O5/c1-2-28-16-8-12(9-23)7-14(22)19(16)30-17(26)10-25-11-24-18-13-5-3-4-6-15(13)29-20(18)21(25)27/h3-8,11H,2,10H2,1H3. The third kappa shape index (κ3) is 3.53. The first kappa shape index (κ1) is 19.7. The van der Waals surface area contributed by atoms with Gasteiger partial charge in [0.25, 0.3) is 5.56 Å². The molecule has 0 radical (unpaired) electrons. The molecule has 2 aromatic heterocycles. The summed E-state index contributed by atoms with van der Waals surface area (Å²) in [5, 5.41) is 9.83. The van der Waals surface area contributed by atoms with Gasteiger partial charge < -0.3 is 13.9 Å². The van der Waals surface area contributed by atoms with Gasteiger partial charge in [-0.05, 0) is 41.1 Å². The second-order valence-electron chi connectivity index (χ2n) is 6.26. The van der Waals surface area contributed by atoms with Crippen LogP contribution in [0, 0.1) is 11.3 Å². The highest BCUT2D eigenvalue weighted by atomic mass is 79.9. The van der Waals surface area contributed by atoms with Gasteiger partial charge in [-0.3, -0.25) is 9.36 Å². The number of hydrogen-bond acceptors (Lipinski definition) is 7. The smallest absolute Gasteiger partial charge is 0.331 e. The van der Waals surface area contributed by atoms with E-state index < -0.39 is 11.5 Å². The molecule has 150 valence electrons. The molecule has 0 saturated heterocycles. The van der Waals surface area contributed by atoms with Crippen LogP contribution in [0.2, 0.25) is 0 Å². The zero-order chi connectivity index (χ0) is 21.3. The number of carbonyl (C=O) groups is 1.